The van der Waals surface area contributed by atoms with Gasteiger partial charge in [0, 0.05) is 36.4 Å². The van der Waals surface area contributed by atoms with Crippen LogP contribution in [0.2, 0.25) is 0 Å². The predicted molar refractivity (Wildman–Crippen MR) is 88.4 cm³/mol. The molecule has 2 aromatic rings. The summed E-state index contributed by atoms with van der Waals surface area (Å²) in [7, 11) is 0. The third-order valence-corrected chi connectivity index (χ3v) is 5.44. The summed E-state index contributed by atoms with van der Waals surface area (Å²) in [6.45, 7) is 3.44. The number of aromatic amines is 1. The van der Waals surface area contributed by atoms with Crippen molar-refractivity contribution in [3.63, 3.8) is 0 Å². The molecule has 0 spiro atoms. The summed E-state index contributed by atoms with van der Waals surface area (Å²) in [5.41, 5.74) is 3.56. The first-order valence-corrected chi connectivity index (χ1v) is 9.04. The minimum Gasteiger partial charge on any atom is -0.338 e. The lowest BCUT2D eigenvalue weighted by Gasteiger charge is -2.35. The number of amides is 2. The maximum atomic E-state index is 12.8. The topological polar surface area (TPSA) is 82.2 Å². The highest BCUT2D eigenvalue weighted by Gasteiger charge is 2.42. The Balaban J connectivity index is 1.55. The Bertz CT molecular complexity index is 756. The standard InChI is InChI=1S/C16H19N5O2S/c1-10-4-17-14(19-10)16(23)20-5-11-2-3-13(7-20)21(15(11)22)6-12-8-24-9-18-12/h4,8-9,11,13H,2-3,5-7H2,1H3,(H,17,19)/t11-,13+/m0/s1. The van der Waals surface area contributed by atoms with Gasteiger partial charge in [0.2, 0.25) is 5.91 Å². The van der Waals surface area contributed by atoms with Crippen LogP contribution in [0.15, 0.2) is 17.1 Å². The van der Waals surface area contributed by atoms with E-state index in [4.69, 9.17) is 0 Å². The van der Waals surface area contributed by atoms with Crippen molar-refractivity contribution in [2.24, 2.45) is 5.92 Å². The normalized spacial score (nSPS) is 23.6. The molecule has 2 amide bonds. The van der Waals surface area contributed by atoms with E-state index in [-0.39, 0.29) is 23.8 Å². The maximum Gasteiger partial charge on any atom is 0.289 e. The molecule has 0 radical (unpaired) electrons. The van der Waals surface area contributed by atoms with Crippen LogP contribution in [0, 0.1) is 12.8 Å². The first-order chi connectivity index (χ1) is 11.6. The smallest absolute Gasteiger partial charge is 0.289 e. The van der Waals surface area contributed by atoms with Crippen LogP contribution >= 0.6 is 11.3 Å². The van der Waals surface area contributed by atoms with E-state index in [9.17, 15) is 9.59 Å². The molecule has 0 saturated carbocycles. The Morgan fingerprint density at radius 1 is 1.38 bits per heavy atom. The van der Waals surface area contributed by atoms with Crippen molar-refractivity contribution in [2.75, 3.05) is 13.1 Å². The van der Waals surface area contributed by atoms with Crippen molar-refractivity contribution >= 4 is 23.2 Å². The average molecular weight is 345 g/mol. The Morgan fingerprint density at radius 3 is 2.96 bits per heavy atom. The van der Waals surface area contributed by atoms with Crippen LogP contribution in [0.3, 0.4) is 0 Å². The molecule has 0 aliphatic carbocycles. The van der Waals surface area contributed by atoms with Crippen molar-refractivity contribution in [1.82, 2.24) is 24.8 Å². The number of thiazole rings is 1. The molecule has 2 aromatic heterocycles. The zero-order valence-electron chi connectivity index (χ0n) is 13.4. The number of hydrogen-bond donors (Lipinski definition) is 1. The van der Waals surface area contributed by atoms with Gasteiger partial charge >= 0.3 is 0 Å². The lowest BCUT2D eigenvalue weighted by Crippen LogP contribution is -2.47. The Hall–Kier alpha value is -2.22. The van der Waals surface area contributed by atoms with Crippen LogP contribution in [-0.2, 0) is 11.3 Å². The lowest BCUT2D eigenvalue weighted by molar-refractivity contribution is -0.140. The van der Waals surface area contributed by atoms with Crippen molar-refractivity contribution in [3.8, 4) is 0 Å². The summed E-state index contributed by atoms with van der Waals surface area (Å²) >= 11 is 1.53. The van der Waals surface area contributed by atoms with Crippen molar-refractivity contribution < 1.29 is 9.59 Å². The van der Waals surface area contributed by atoms with Gasteiger partial charge in [-0.05, 0) is 19.8 Å². The fourth-order valence-electron chi connectivity index (χ4n) is 3.58. The van der Waals surface area contributed by atoms with Crippen LogP contribution < -0.4 is 0 Å². The summed E-state index contributed by atoms with van der Waals surface area (Å²) in [6, 6.07) is 0.0537. The molecule has 1 N–H and O–H groups in total. The first-order valence-electron chi connectivity index (χ1n) is 8.10. The zero-order chi connectivity index (χ0) is 16.7. The molecule has 2 atom stereocenters. The second kappa shape index (κ2) is 6.01. The molecule has 0 unspecified atom stereocenters. The molecule has 5 heterocycles. The number of carbonyl (C=O) groups is 2. The fraction of sp³-hybridized carbons (Fsp3) is 0.500. The number of piperidine rings is 1. The third-order valence-electron chi connectivity index (χ3n) is 4.80. The highest BCUT2D eigenvalue weighted by Crippen LogP contribution is 2.30. The highest BCUT2D eigenvalue weighted by molar-refractivity contribution is 7.07. The van der Waals surface area contributed by atoms with Gasteiger partial charge in [0.05, 0.1) is 23.7 Å². The van der Waals surface area contributed by atoms with Gasteiger partial charge in [-0.25, -0.2) is 9.97 Å². The van der Waals surface area contributed by atoms with Crippen LogP contribution in [-0.4, -0.2) is 55.7 Å². The van der Waals surface area contributed by atoms with Crippen LogP contribution in [0.5, 0.6) is 0 Å². The molecule has 2 bridgehead atoms. The average Bonchev–Trinajstić information content (AvgIpc) is 3.15. The van der Waals surface area contributed by atoms with Crippen molar-refractivity contribution in [1.29, 1.82) is 0 Å². The second-order valence-electron chi connectivity index (χ2n) is 6.50. The number of H-pyrrole nitrogens is 1. The SMILES string of the molecule is Cc1cnc(C(=O)N2C[C@@H]3CC[C@H](C2)N(Cc2cscn2)C3=O)[nH]1. The predicted octanol–water partition coefficient (Wildman–Crippen LogP) is 1.44. The monoisotopic (exact) mass is 345 g/mol. The lowest BCUT2D eigenvalue weighted by atomic mass is 9.94. The molecule has 8 heteroatoms. The van der Waals surface area contributed by atoms with E-state index in [0.717, 1.165) is 24.2 Å². The molecule has 24 heavy (non-hydrogen) atoms. The Kier molecular flexibility index (Phi) is 3.84. The van der Waals surface area contributed by atoms with E-state index in [1.54, 1.807) is 16.6 Å². The van der Waals surface area contributed by atoms with E-state index in [1.807, 2.05) is 17.2 Å². The molecule has 3 fully saturated rings. The number of aryl methyl sites for hydroxylation is 1. The van der Waals surface area contributed by atoms with Gasteiger partial charge in [-0.15, -0.1) is 11.3 Å². The first kappa shape index (κ1) is 15.3. The number of rotatable bonds is 3. The van der Waals surface area contributed by atoms with E-state index in [2.05, 4.69) is 15.0 Å². The van der Waals surface area contributed by atoms with Crippen molar-refractivity contribution in [3.05, 3.63) is 34.3 Å². The summed E-state index contributed by atoms with van der Waals surface area (Å²) in [6.07, 6.45) is 3.43. The van der Waals surface area contributed by atoms with Gasteiger partial charge in [0.15, 0.2) is 5.82 Å². The number of carbonyl (C=O) groups excluding carboxylic acids is 2. The number of fused-ring (bicyclic) bond motifs is 4. The van der Waals surface area contributed by atoms with E-state index in [0.29, 0.717) is 25.5 Å². The van der Waals surface area contributed by atoms with Crippen LogP contribution in [0.25, 0.3) is 0 Å². The molecular weight excluding hydrogens is 326 g/mol. The maximum absolute atomic E-state index is 12.8. The minimum atomic E-state index is -0.123. The Labute approximate surface area is 143 Å². The minimum absolute atomic E-state index is 0.0537. The van der Waals surface area contributed by atoms with Gasteiger partial charge in [0.25, 0.3) is 5.91 Å². The largest absolute Gasteiger partial charge is 0.338 e. The van der Waals surface area contributed by atoms with Gasteiger partial charge in [-0.2, -0.15) is 0 Å². The number of nitrogens with one attached hydrogen (secondary N) is 1. The summed E-state index contributed by atoms with van der Waals surface area (Å²) in [4.78, 5) is 40.6. The molecule has 5 rings (SSSR count). The van der Waals surface area contributed by atoms with Crippen molar-refractivity contribution in [2.45, 2.75) is 32.4 Å². The van der Waals surface area contributed by atoms with E-state index < -0.39 is 0 Å². The van der Waals surface area contributed by atoms with Crippen LogP contribution in [0.1, 0.15) is 34.8 Å². The molecular formula is C16H19N5O2S. The van der Waals surface area contributed by atoms with Gasteiger partial charge < -0.3 is 14.8 Å². The summed E-state index contributed by atoms with van der Waals surface area (Å²) < 4.78 is 0. The summed E-state index contributed by atoms with van der Waals surface area (Å²) in [5, 5.41) is 1.97. The highest BCUT2D eigenvalue weighted by atomic mass is 32.1. The summed E-state index contributed by atoms with van der Waals surface area (Å²) in [5.74, 6) is 0.253. The fourth-order valence-corrected chi connectivity index (χ4v) is 4.13. The molecule has 3 saturated heterocycles. The number of hydrogen-bond acceptors (Lipinski definition) is 5. The number of nitrogens with zero attached hydrogens (tertiary/aromatic N) is 4. The Morgan fingerprint density at radius 2 is 2.25 bits per heavy atom. The van der Waals surface area contributed by atoms with E-state index >= 15 is 0 Å². The van der Waals surface area contributed by atoms with E-state index in [1.165, 1.54) is 11.3 Å². The molecule has 0 aromatic carbocycles. The second-order valence-corrected chi connectivity index (χ2v) is 7.22. The molecule has 126 valence electrons. The molecule has 7 nitrogen and oxygen atoms in total. The molecule has 3 aliphatic heterocycles. The van der Waals surface area contributed by atoms with Gasteiger partial charge in [-0.1, -0.05) is 0 Å². The van der Waals surface area contributed by atoms with Gasteiger partial charge in [-0.3, -0.25) is 9.59 Å². The quantitative estimate of drug-likeness (QED) is 0.912. The number of aromatic nitrogens is 3. The zero-order valence-corrected chi connectivity index (χ0v) is 14.3. The van der Waals surface area contributed by atoms with Gasteiger partial charge in [0.1, 0.15) is 0 Å². The molecule has 3 aliphatic rings. The number of imidazole rings is 1. The van der Waals surface area contributed by atoms with Crippen LogP contribution in [0.4, 0.5) is 0 Å². The third kappa shape index (κ3) is 2.71.